The second-order valence-electron chi connectivity index (χ2n) is 3.72. The van der Waals surface area contributed by atoms with Crippen molar-refractivity contribution in [1.82, 2.24) is 0 Å². The largest absolute Gasteiger partial charge is 0.493 e. The van der Waals surface area contributed by atoms with E-state index in [9.17, 15) is 14.9 Å². The van der Waals surface area contributed by atoms with Crippen LogP contribution in [-0.2, 0) is 4.79 Å². The van der Waals surface area contributed by atoms with Crippen LogP contribution in [0.4, 0.5) is 11.4 Å². The van der Waals surface area contributed by atoms with Gasteiger partial charge in [-0.15, -0.1) is 0 Å². The van der Waals surface area contributed by atoms with Crippen molar-refractivity contribution < 1.29 is 19.2 Å². The lowest BCUT2D eigenvalue weighted by Gasteiger charge is -2.11. The first-order chi connectivity index (χ1) is 8.90. The van der Waals surface area contributed by atoms with Crippen LogP contribution in [0, 0.1) is 10.1 Å². The summed E-state index contributed by atoms with van der Waals surface area (Å²) in [5.41, 5.74) is -0.0213. The number of anilines is 1. The number of rotatable bonds is 5. The van der Waals surface area contributed by atoms with E-state index in [1.54, 1.807) is 0 Å². The lowest BCUT2D eigenvalue weighted by atomic mass is 10.2. The summed E-state index contributed by atoms with van der Waals surface area (Å²) in [4.78, 5) is 21.9. The van der Waals surface area contributed by atoms with Gasteiger partial charge in [-0.2, -0.15) is 0 Å². The van der Waals surface area contributed by atoms with Crippen LogP contribution >= 0.6 is 0 Å². The van der Waals surface area contributed by atoms with E-state index in [0.29, 0.717) is 0 Å². The molecule has 0 fully saturated rings. The van der Waals surface area contributed by atoms with Crippen molar-refractivity contribution >= 4 is 17.3 Å². The summed E-state index contributed by atoms with van der Waals surface area (Å²) in [7, 11) is 2.77. The average molecular weight is 266 g/mol. The van der Waals surface area contributed by atoms with Gasteiger partial charge >= 0.3 is 0 Å². The number of hydrogen-bond acceptors (Lipinski definition) is 5. The standard InChI is InChI=1S/C12H14N2O5/c1-7(2)12(15)13-8-5-10(18-3)11(19-4)6-9(8)14(16)17/h5-6H,1H2,2-4H3,(H,13,15). The second-order valence-corrected chi connectivity index (χ2v) is 3.72. The van der Waals surface area contributed by atoms with Gasteiger partial charge in [-0.1, -0.05) is 6.58 Å². The summed E-state index contributed by atoms with van der Waals surface area (Å²) < 4.78 is 10.0. The highest BCUT2D eigenvalue weighted by atomic mass is 16.6. The van der Waals surface area contributed by atoms with Crippen LogP contribution in [-0.4, -0.2) is 25.1 Å². The summed E-state index contributed by atoms with van der Waals surface area (Å²) in [6.07, 6.45) is 0. The quantitative estimate of drug-likeness (QED) is 0.500. The minimum atomic E-state index is -0.615. The highest BCUT2D eigenvalue weighted by Crippen LogP contribution is 2.37. The minimum absolute atomic E-state index is 0.0238. The molecule has 0 aliphatic heterocycles. The Morgan fingerprint density at radius 2 is 1.84 bits per heavy atom. The average Bonchev–Trinajstić information content (AvgIpc) is 2.37. The monoisotopic (exact) mass is 266 g/mol. The van der Waals surface area contributed by atoms with Crippen molar-refractivity contribution in [1.29, 1.82) is 0 Å². The number of amides is 1. The van der Waals surface area contributed by atoms with Crippen molar-refractivity contribution in [2.75, 3.05) is 19.5 Å². The van der Waals surface area contributed by atoms with Crippen molar-refractivity contribution in [2.24, 2.45) is 0 Å². The fraction of sp³-hybridized carbons (Fsp3) is 0.250. The zero-order valence-electron chi connectivity index (χ0n) is 10.9. The lowest BCUT2D eigenvalue weighted by molar-refractivity contribution is -0.384. The minimum Gasteiger partial charge on any atom is -0.493 e. The molecule has 0 aromatic heterocycles. The van der Waals surface area contributed by atoms with E-state index in [1.165, 1.54) is 33.3 Å². The molecule has 0 aliphatic rings. The van der Waals surface area contributed by atoms with Gasteiger partial charge in [-0.25, -0.2) is 0 Å². The van der Waals surface area contributed by atoms with Crippen molar-refractivity contribution in [2.45, 2.75) is 6.92 Å². The summed E-state index contributed by atoms with van der Waals surface area (Å²) in [6, 6.07) is 2.52. The van der Waals surface area contributed by atoms with Crippen molar-refractivity contribution in [3.05, 3.63) is 34.4 Å². The van der Waals surface area contributed by atoms with E-state index in [4.69, 9.17) is 9.47 Å². The number of nitro benzene ring substituents is 1. The summed E-state index contributed by atoms with van der Waals surface area (Å²) in [5, 5.41) is 13.4. The molecule has 0 unspecified atom stereocenters. The molecule has 0 radical (unpaired) electrons. The molecule has 0 spiro atoms. The van der Waals surface area contributed by atoms with Gasteiger partial charge in [0.2, 0.25) is 0 Å². The summed E-state index contributed by atoms with van der Waals surface area (Å²) in [6.45, 7) is 4.97. The maximum Gasteiger partial charge on any atom is 0.296 e. The topological polar surface area (TPSA) is 90.7 Å². The molecular formula is C12H14N2O5. The SMILES string of the molecule is C=C(C)C(=O)Nc1cc(OC)c(OC)cc1[N+](=O)[O-]. The highest BCUT2D eigenvalue weighted by molar-refractivity contribution is 6.04. The van der Waals surface area contributed by atoms with Crippen LogP contribution in [0.5, 0.6) is 11.5 Å². The molecular weight excluding hydrogens is 252 g/mol. The molecule has 1 N–H and O–H groups in total. The van der Waals surface area contributed by atoms with Crippen LogP contribution in [0.3, 0.4) is 0 Å². The van der Waals surface area contributed by atoms with E-state index >= 15 is 0 Å². The summed E-state index contributed by atoms with van der Waals surface area (Å²) >= 11 is 0. The van der Waals surface area contributed by atoms with E-state index in [0.717, 1.165) is 0 Å². The zero-order valence-corrected chi connectivity index (χ0v) is 10.9. The zero-order chi connectivity index (χ0) is 14.6. The van der Waals surface area contributed by atoms with Crippen LogP contribution in [0.2, 0.25) is 0 Å². The maximum atomic E-state index is 11.5. The van der Waals surface area contributed by atoms with E-state index in [2.05, 4.69) is 11.9 Å². The smallest absolute Gasteiger partial charge is 0.296 e. The number of nitrogens with one attached hydrogen (secondary N) is 1. The lowest BCUT2D eigenvalue weighted by Crippen LogP contribution is -2.13. The Morgan fingerprint density at radius 1 is 1.32 bits per heavy atom. The fourth-order valence-corrected chi connectivity index (χ4v) is 1.35. The van der Waals surface area contributed by atoms with Crippen LogP contribution in [0.1, 0.15) is 6.92 Å². The molecule has 0 atom stereocenters. The van der Waals surface area contributed by atoms with Gasteiger partial charge in [-0.3, -0.25) is 14.9 Å². The predicted molar refractivity (Wildman–Crippen MR) is 69.6 cm³/mol. The third-order valence-corrected chi connectivity index (χ3v) is 2.33. The number of methoxy groups -OCH3 is 2. The molecule has 19 heavy (non-hydrogen) atoms. The fourth-order valence-electron chi connectivity index (χ4n) is 1.35. The Balaban J connectivity index is 3.31. The highest BCUT2D eigenvalue weighted by Gasteiger charge is 2.21. The third kappa shape index (κ3) is 3.21. The molecule has 1 aromatic carbocycles. The van der Waals surface area contributed by atoms with Crippen molar-refractivity contribution in [3.63, 3.8) is 0 Å². The van der Waals surface area contributed by atoms with E-state index < -0.39 is 10.8 Å². The molecule has 102 valence electrons. The number of carbonyl (C=O) groups excluding carboxylic acids is 1. The molecule has 0 aliphatic carbocycles. The first-order valence-corrected chi connectivity index (χ1v) is 5.28. The van der Waals surface area contributed by atoms with Crippen LogP contribution in [0.15, 0.2) is 24.3 Å². The van der Waals surface area contributed by atoms with E-state index in [-0.39, 0.29) is 28.4 Å². The van der Waals surface area contributed by atoms with Gasteiger partial charge in [-0.05, 0) is 6.92 Å². The second kappa shape index (κ2) is 5.85. The van der Waals surface area contributed by atoms with Gasteiger partial charge < -0.3 is 14.8 Å². The number of nitrogens with zero attached hydrogens (tertiary/aromatic N) is 1. The van der Waals surface area contributed by atoms with Gasteiger partial charge in [0, 0.05) is 11.6 Å². The number of carbonyl (C=O) groups is 1. The molecule has 0 saturated carbocycles. The van der Waals surface area contributed by atoms with E-state index in [1.807, 2.05) is 0 Å². The van der Waals surface area contributed by atoms with Crippen LogP contribution in [0.25, 0.3) is 0 Å². The Morgan fingerprint density at radius 3 is 2.26 bits per heavy atom. The predicted octanol–water partition coefficient (Wildman–Crippen LogP) is 2.13. The Bertz CT molecular complexity index is 539. The normalized spacial score (nSPS) is 9.63. The van der Waals surface area contributed by atoms with Gasteiger partial charge in [0.1, 0.15) is 5.69 Å². The maximum absolute atomic E-state index is 11.5. The summed E-state index contributed by atoms with van der Waals surface area (Å²) in [5.74, 6) is -0.0111. The molecule has 7 heteroatoms. The Hall–Kier alpha value is -2.57. The van der Waals surface area contributed by atoms with Gasteiger partial charge in [0.05, 0.1) is 25.2 Å². The molecule has 0 heterocycles. The number of ether oxygens (including phenoxy) is 2. The Labute approximate surface area is 110 Å². The number of hydrogen-bond donors (Lipinski definition) is 1. The molecule has 0 saturated heterocycles. The molecule has 1 amide bonds. The molecule has 7 nitrogen and oxygen atoms in total. The van der Waals surface area contributed by atoms with Gasteiger partial charge in [0.15, 0.2) is 11.5 Å². The molecule has 1 rings (SSSR count). The first kappa shape index (κ1) is 14.5. The van der Waals surface area contributed by atoms with Crippen LogP contribution < -0.4 is 14.8 Å². The number of benzene rings is 1. The third-order valence-electron chi connectivity index (χ3n) is 2.33. The number of nitro groups is 1. The molecule has 1 aromatic rings. The van der Waals surface area contributed by atoms with Crippen molar-refractivity contribution in [3.8, 4) is 11.5 Å². The van der Waals surface area contributed by atoms with Gasteiger partial charge in [0.25, 0.3) is 11.6 Å². The first-order valence-electron chi connectivity index (χ1n) is 5.28. The molecule has 0 bridgehead atoms. The Kier molecular flexibility index (Phi) is 4.46.